The first kappa shape index (κ1) is 13.8. The Balaban J connectivity index is 2.08. The predicted octanol–water partition coefficient (Wildman–Crippen LogP) is 3.18. The summed E-state index contributed by atoms with van der Waals surface area (Å²) in [6, 6.07) is 0. The first-order valence-corrected chi connectivity index (χ1v) is 8.03. The molecule has 18 heavy (non-hydrogen) atoms. The molecule has 1 aliphatic carbocycles. The summed E-state index contributed by atoms with van der Waals surface area (Å²) in [7, 11) is 0. The lowest BCUT2D eigenvalue weighted by atomic mass is 9.85. The van der Waals surface area contributed by atoms with E-state index in [4.69, 9.17) is 10.7 Å². The first-order valence-electron chi connectivity index (χ1n) is 7.22. The fourth-order valence-electron chi connectivity index (χ4n) is 2.43. The lowest BCUT2D eigenvalue weighted by Crippen LogP contribution is -2.32. The van der Waals surface area contributed by atoms with Crippen LogP contribution in [-0.2, 0) is 13.0 Å². The van der Waals surface area contributed by atoms with Gasteiger partial charge in [0.1, 0.15) is 0 Å². The van der Waals surface area contributed by atoms with Gasteiger partial charge in [0.15, 0.2) is 5.13 Å². The first-order chi connectivity index (χ1) is 8.78. The molecule has 0 atom stereocenters. The average molecular weight is 267 g/mol. The fraction of sp³-hybridized carbons (Fsp3) is 0.786. The maximum atomic E-state index is 5.83. The molecule has 0 saturated heterocycles. The Morgan fingerprint density at radius 2 is 2.17 bits per heavy atom. The highest BCUT2D eigenvalue weighted by Gasteiger charge is 2.22. The van der Waals surface area contributed by atoms with Crippen molar-refractivity contribution in [2.24, 2.45) is 11.7 Å². The van der Waals surface area contributed by atoms with E-state index in [-0.39, 0.29) is 0 Å². The van der Waals surface area contributed by atoms with E-state index in [0.717, 1.165) is 25.3 Å². The molecule has 1 aromatic heterocycles. The zero-order valence-electron chi connectivity index (χ0n) is 11.6. The third-order valence-corrected chi connectivity index (χ3v) is 4.98. The van der Waals surface area contributed by atoms with Gasteiger partial charge in [-0.15, -0.1) is 11.3 Å². The molecule has 3 nitrogen and oxygen atoms in total. The second-order valence-corrected chi connectivity index (χ2v) is 6.22. The van der Waals surface area contributed by atoms with Crippen LogP contribution in [0.15, 0.2) is 0 Å². The minimum absolute atomic E-state index is 0.633. The van der Waals surface area contributed by atoms with E-state index in [1.165, 1.54) is 41.5 Å². The number of hydrogen-bond acceptors (Lipinski definition) is 4. The van der Waals surface area contributed by atoms with Gasteiger partial charge in [-0.05, 0) is 32.1 Å². The Kier molecular flexibility index (Phi) is 5.01. The van der Waals surface area contributed by atoms with Crippen LogP contribution in [0.5, 0.6) is 0 Å². The van der Waals surface area contributed by atoms with Gasteiger partial charge < -0.3 is 10.6 Å². The van der Waals surface area contributed by atoms with Crippen LogP contribution < -0.4 is 10.6 Å². The lowest BCUT2D eigenvalue weighted by Gasteiger charge is -2.31. The molecule has 0 bridgehead atoms. The summed E-state index contributed by atoms with van der Waals surface area (Å²) in [5.74, 6) is 0.893. The molecule has 0 aromatic carbocycles. The lowest BCUT2D eigenvalue weighted by molar-refractivity contribution is 0.318. The fourth-order valence-corrected chi connectivity index (χ4v) is 3.48. The van der Waals surface area contributed by atoms with Gasteiger partial charge in [-0.25, -0.2) is 4.98 Å². The van der Waals surface area contributed by atoms with Crippen molar-refractivity contribution in [3.8, 4) is 0 Å². The summed E-state index contributed by atoms with van der Waals surface area (Å²) in [5.41, 5.74) is 7.06. The number of thiazole rings is 1. The number of rotatable bonds is 7. The maximum absolute atomic E-state index is 5.83. The number of anilines is 1. The topological polar surface area (TPSA) is 42.2 Å². The van der Waals surface area contributed by atoms with Crippen molar-refractivity contribution >= 4 is 16.5 Å². The molecular weight excluding hydrogens is 242 g/mol. The second kappa shape index (κ2) is 6.53. The van der Waals surface area contributed by atoms with Gasteiger partial charge in [0.2, 0.25) is 0 Å². The molecule has 0 amide bonds. The smallest absolute Gasteiger partial charge is 0.185 e. The molecule has 2 rings (SSSR count). The molecule has 102 valence electrons. The van der Waals surface area contributed by atoms with Crippen molar-refractivity contribution < 1.29 is 0 Å². The third-order valence-electron chi connectivity index (χ3n) is 3.79. The van der Waals surface area contributed by atoms with Gasteiger partial charge in [0.05, 0.1) is 5.69 Å². The summed E-state index contributed by atoms with van der Waals surface area (Å²) in [6.45, 7) is 7.29. The van der Waals surface area contributed by atoms with Crippen LogP contribution in [-0.4, -0.2) is 18.1 Å². The Hall–Kier alpha value is -0.610. The van der Waals surface area contributed by atoms with E-state index in [1.807, 2.05) is 0 Å². The van der Waals surface area contributed by atoms with E-state index >= 15 is 0 Å². The van der Waals surface area contributed by atoms with Crippen LogP contribution in [0.4, 0.5) is 5.13 Å². The molecule has 1 aromatic rings. The van der Waals surface area contributed by atoms with Crippen LogP contribution in [0, 0.1) is 5.92 Å². The molecule has 1 fully saturated rings. The maximum Gasteiger partial charge on any atom is 0.185 e. The normalized spacial score (nSPS) is 15.7. The van der Waals surface area contributed by atoms with E-state index < -0.39 is 0 Å². The van der Waals surface area contributed by atoms with Crippen molar-refractivity contribution in [2.45, 2.75) is 52.5 Å². The Morgan fingerprint density at radius 1 is 1.39 bits per heavy atom. The molecule has 4 heteroatoms. The molecule has 0 unspecified atom stereocenters. The molecule has 1 saturated carbocycles. The summed E-state index contributed by atoms with van der Waals surface area (Å²) in [4.78, 5) is 8.53. The SMILES string of the molecule is CCCc1nc(N(CC)CC2CCC2)sc1CN. The van der Waals surface area contributed by atoms with Crippen LogP contribution in [0.1, 0.15) is 50.1 Å². The van der Waals surface area contributed by atoms with Crippen molar-refractivity contribution in [2.75, 3.05) is 18.0 Å². The summed E-state index contributed by atoms with van der Waals surface area (Å²) in [5, 5.41) is 1.19. The van der Waals surface area contributed by atoms with Gasteiger partial charge in [-0.2, -0.15) is 0 Å². The minimum Gasteiger partial charge on any atom is -0.348 e. The monoisotopic (exact) mass is 267 g/mol. The number of nitrogens with two attached hydrogens (primary N) is 1. The van der Waals surface area contributed by atoms with Crippen molar-refractivity contribution in [1.82, 2.24) is 4.98 Å². The molecule has 2 N–H and O–H groups in total. The summed E-state index contributed by atoms with van der Waals surface area (Å²) < 4.78 is 0. The minimum atomic E-state index is 0.633. The van der Waals surface area contributed by atoms with E-state index in [2.05, 4.69) is 18.7 Å². The van der Waals surface area contributed by atoms with Gasteiger partial charge in [-0.1, -0.05) is 19.8 Å². The predicted molar refractivity (Wildman–Crippen MR) is 79.2 cm³/mol. The molecule has 0 spiro atoms. The highest BCUT2D eigenvalue weighted by atomic mass is 32.1. The summed E-state index contributed by atoms with van der Waals surface area (Å²) >= 11 is 1.80. The quantitative estimate of drug-likeness (QED) is 0.825. The molecule has 1 aliphatic rings. The van der Waals surface area contributed by atoms with Gasteiger partial charge in [0, 0.05) is 24.5 Å². The van der Waals surface area contributed by atoms with E-state index in [9.17, 15) is 0 Å². The number of nitrogens with zero attached hydrogens (tertiary/aromatic N) is 2. The molecular formula is C14H25N3S. The molecule has 0 aliphatic heterocycles. The largest absolute Gasteiger partial charge is 0.348 e. The third kappa shape index (κ3) is 3.04. The Labute approximate surface area is 114 Å². The highest BCUT2D eigenvalue weighted by molar-refractivity contribution is 7.15. The molecule has 0 radical (unpaired) electrons. The van der Waals surface area contributed by atoms with Crippen LogP contribution in [0.25, 0.3) is 0 Å². The number of hydrogen-bond donors (Lipinski definition) is 1. The van der Waals surface area contributed by atoms with Gasteiger partial charge in [-0.3, -0.25) is 0 Å². The standard InChI is InChI=1S/C14H25N3S/c1-3-6-12-13(9-15)18-14(16-12)17(4-2)10-11-7-5-8-11/h11H,3-10,15H2,1-2H3. The number of aryl methyl sites for hydroxylation is 1. The summed E-state index contributed by atoms with van der Waals surface area (Å²) in [6.07, 6.45) is 6.41. The Bertz CT molecular complexity index is 371. The van der Waals surface area contributed by atoms with Gasteiger partial charge in [0.25, 0.3) is 0 Å². The van der Waals surface area contributed by atoms with E-state index in [0.29, 0.717) is 6.54 Å². The zero-order chi connectivity index (χ0) is 13.0. The van der Waals surface area contributed by atoms with Crippen LogP contribution >= 0.6 is 11.3 Å². The van der Waals surface area contributed by atoms with Crippen LogP contribution in [0.3, 0.4) is 0 Å². The number of aromatic nitrogens is 1. The second-order valence-electron chi connectivity index (χ2n) is 5.16. The highest BCUT2D eigenvalue weighted by Crippen LogP contribution is 2.32. The van der Waals surface area contributed by atoms with Crippen molar-refractivity contribution in [1.29, 1.82) is 0 Å². The van der Waals surface area contributed by atoms with Gasteiger partial charge >= 0.3 is 0 Å². The Morgan fingerprint density at radius 3 is 2.67 bits per heavy atom. The van der Waals surface area contributed by atoms with Crippen molar-refractivity contribution in [3.05, 3.63) is 10.6 Å². The zero-order valence-corrected chi connectivity index (χ0v) is 12.4. The average Bonchev–Trinajstić information content (AvgIpc) is 2.71. The van der Waals surface area contributed by atoms with Crippen molar-refractivity contribution in [3.63, 3.8) is 0 Å². The molecule has 1 heterocycles. The van der Waals surface area contributed by atoms with E-state index in [1.54, 1.807) is 11.3 Å². The van der Waals surface area contributed by atoms with Crippen LogP contribution in [0.2, 0.25) is 0 Å².